The molecule has 116 valence electrons. The first kappa shape index (κ1) is 14.9. The van der Waals surface area contributed by atoms with Gasteiger partial charge in [0.2, 0.25) is 11.8 Å². The number of amides is 2. The summed E-state index contributed by atoms with van der Waals surface area (Å²) in [5, 5.41) is 0. The zero-order valence-corrected chi connectivity index (χ0v) is 13.3. The summed E-state index contributed by atoms with van der Waals surface area (Å²) >= 11 is 4.93. The summed E-state index contributed by atoms with van der Waals surface area (Å²) < 4.78 is 0. The Hall–Kier alpha value is -1.01. The second kappa shape index (κ2) is 5.65. The third kappa shape index (κ3) is 2.71. The van der Waals surface area contributed by atoms with Gasteiger partial charge in [-0.15, -0.1) is 0 Å². The predicted octanol–water partition coefficient (Wildman–Crippen LogP) is 0.768. The first-order valence-corrected chi connectivity index (χ1v) is 8.25. The first-order chi connectivity index (χ1) is 9.97. The van der Waals surface area contributed by atoms with Gasteiger partial charge in [-0.05, 0) is 31.6 Å². The summed E-state index contributed by atoms with van der Waals surface area (Å²) in [7, 11) is 0. The smallest absolute Gasteiger partial charge is 0.233 e. The molecule has 2 heterocycles. The van der Waals surface area contributed by atoms with E-state index < -0.39 is 0 Å². The zero-order chi connectivity index (χ0) is 15.1. The monoisotopic (exact) mass is 309 g/mol. The van der Waals surface area contributed by atoms with E-state index in [-0.39, 0.29) is 29.7 Å². The van der Waals surface area contributed by atoms with Crippen LogP contribution in [0.3, 0.4) is 0 Å². The lowest BCUT2D eigenvalue weighted by atomic mass is 10.00. The maximum Gasteiger partial charge on any atom is 0.233 e. The minimum absolute atomic E-state index is 0.0397. The van der Waals surface area contributed by atoms with Crippen molar-refractivity contribution in [3.63, 3.8) is 0 Å². The van der Waals surface area contributed by atoms with E-state index in [1.54, 1.807) is 4.90 Å². The molecule has 21 heavy (non-hydrogen) atoms. The molecule has 0 aromatic heterocycles. The number of carbonyl (C=O) groups is 2. The maximum atomic E-state index is 12.6. The second-order valence-electron chi connectivity index (χ2n) is 6.81. The van der Waals surface area contributed by atoms with Gasteiger partial charge in [0.25, 0.3) is 0 Å². The van der Waals surface area contributed by atoms with E-state index in [2.05, 4.69) is 11.8 Å². The number of likely N-dealkylation sites (tertiary alicyclic amines) is 2. The average Bonchev–Trinajstić information content (AvgIpc) is 2.90. The Morgan fingerprint density at radius 1 is 1.19 bits per heavy atom. The van der Waals surface area contributed by atoms with Gasteiger partial charge in [-0.3, -0.25) is 19.4 Å². The minimum Gasteiger partial charge on any atom is -0.392 e. The van der Waals surface area contributed by atoms with Gasteiger partial charge in [0, 0.05) is 25.7 Å². The van der Waals surface area contributed by atoms with Gasteiger partial charge in [0.05, 0.1) is 16.8 Å². The topological polar surface area (TPSA) is 66.6 Å². The highest BCUT2D eigenvalue weighted by Crippen LogP contribution is 2.44. The van der Waals surface area contributed by atoms with Crippen LogP contribution in [-0.2, 0) is 9.59 Å². The van der Waals surface area contributed by atoms with Gasteiger partial charge in [-0.1, -0.05) is 19.1 Å². The van der Waals surface area contributed by atoms with Crippen molar-refractivity contribution in [1.29, 1.82) is 0 Å². The number of carbonyl (C=O) groups excluding carboxylic acids is 2. The number of imide groups is 1. The molecule has 1 aliphatic carbocycles. The molecule has 5 nitrogen and oxygen atoms in total. The van der Waals surface area contributed by atoms with Gasteiger partial charge in [0.1, 0.15) is 0 Å². The minimum atomic E-state index is -0.0397. The molecular weight excluding hydrogens is 286 g/mol. The van der Waals surface area contributed by atoms with Gasteiger partial charge < -0.3 is 5.73 Å². The normalized spacial score (nSPS) is 34.5. The lowest BCUT2D eigenvalue weighted by Crippen LogP contribution is -2.49. The van der Waals surface area contributed by atoms with E-state index >= 15 is 0 Å². The van der Waals surface area contributed by atoms with Crippen LogP contribution in [0.4, 0.5) is 0 Å². The lowest BCUT2D eigenvalue weighted by molar-refractivity contribution is -0.144. The van der Waals surface area contributed by atoms with Gasteiger partial charge in [-0.25, -0.2) is 0 Å². The molecule has 0 spiro atoms. The van der Waals surface area contributed by atoms with E-state index in [9.17, 15) is 9.59 Å². The molecule has 0 bridgehead atoms. The molecule has 3 rings (SSSR count). The number of nitrogens with two attached hydrogens (primary N) is 1. The molecule has 0 radical (unpaired) electrons. The second-order valence-corrected chi connectivity index (χ2v) is 7.33. The predicted molar refractivity (Wildman–Crippen MR) is 83.5 cm³/mol. The number of fused-ring (bicyclic) bond motifs is 1. The molecule has 2 unspecified atom stereocenters. The fourth-order valence-electron chi connectivity index (χ4n) is 4.22. The molecule has 2 atom stereocenters. The van der Waals surface area contributed by atoms with Crippen molar-refractivity contribution in [1.82, 2.24) is 9.80 Å². The SMILES string of the molecule is CC1CC2C(=O)N(C3CCN(CC(N)=S)CC3)C(=O)C2C1. The summed E-state index contributed by atoms with van der Waals surface area (Å²) in [4.78, 5) is 29.4. The Balaban J connectivity index is 1.63. The number of hydrogen-bond donors (Lipinski definition) is 1. The molecule has 2 aliphatic heterocycles. The van der Waals surface area contributed by atoms with Crippen LogP contribution in [0.25, 0.3) is 0 Å². The van der Waals surface area contributed by atoms with E-state index in [1.165, 1.54) is 0 Å². The summed E-state index contributed by atoms with van der Waals surface area (Å²) in [5.74, 6) is 0.594. The van der Waals surface area contributed by atoms with Crippen molar-refractivity contribution in [2.45, 2.75) is 38.6 Å². The third-order valence-corrected chi connectivity index (χ3v) is 5.34. The Morgan fingerprint density at radius 3 is 2.19 bits per heavy atom. The van der Waals surface area contributed by atoms with Crippen molar-refractivity contribution >= 4 is 29.0 Å². The Morgan fingerprint density at radius 2 is 1.71 bits per heavy atom. The largest absolute Gasteiger partial charge is 0.392 e. The number of nitrogens with zero attached hydrogens (tertiary/aromatic N) is 2. The van der Waals surface area contributed by atoms with E-state index in [1.807, 2.05) is 0 Å². The molecule has 3 aliphatic rings. The van der Waals surface area contributed by atoms with Crippen molar-refractivity contribution in [2.24, 2.45) is 23.5 Å². The summed E-state index contributed by atoms with van der Waals surface area (Å²) in [6.07, 6.45) is 3.45. The van der Waals surface area contributed by atoms with Crippen LogP contribution in [0.1, 0.15) is 32.6 Å². The van der Waals surface area contributed by atoms with Crippen molar-refractivity contribution in [3.8, 4) is 0 Å². The zero-order valence-electron chi connectivity index (χ0n) is 12.5. The Labute approximate surface area is 130 Å². The van der Waals surface area contributed by atoms with Crippen LogP contribution in [0.2, 0.25) is 0 Å². The summed E-state index contributed by atoms with van der Waals surface area (Å²) in [5.41, 5.74) is 5.57. The number of thiocarbonyl (C=S) groups is 1. The number of piperidine rings is 1. The highest BCUT2D eigenvalue weighted by molar-refractivity contribution is 7.80. The highest BCUT2D eigenvalue weighted by Gasteiger charge is 2.53. The van der Waals surface area contributed by atoms with Crippen LogP contribution < -0.4 is 5.73 Å². The summed E-state index contributed by atoms with van der Waals surface area (Å²) in [6.45, 7) is 4.47. The van der Waals surface area contributed by atoms with Crippen LogP contribution in [0, 0.1) is 17.8 Å². The van der Waals surface area contributed by atoms with Gasteiger partial charge in [-0.2, -0.15) is 0 Å². The fourth-order valence-corrected chi connectivity index (χ4v) is 4.40. The van der Waals surface area contributed by atoms with Gasteiger partial charge in [0.15, 0.2) is 0 Å². The lowest BCUT2D eigenvalue weighted by Gasteiger charge is -2.36. The molecule has 2 N–H and O–H groups in total. The molecule has 3 fully saturated rings. The summed E-state index contributed by atoms with van der Waals surface area (Å²) in [6, 6.07) is 0.0773. The van der Waals surface area contributed by atoms with E-state index in [4.69, 9.17) is 18.0 Å². The highest BCUT2D eigenvalue weighted by atomic mass is 32.1. The van der Waals surface area contributed by atoms with Crippen molar-refractivity contribution in [3.05, 3.63) is 0 Å². The molecule has 2 amide bonds. The van der Waals surface area contributed by atoms with Crippen LogP contribution >= 0.6 is 12.2 Å². The first-order valence-electron chi connectivity index (χ1n) is 7.85. The number of hydrogen-bond acceptors (Lipinski definition) is 4. The van der Waals surface area contributed by atoms with Crippen LogP contribution in [0.5, 0.6) is 0 Å². The number of rotatable bonds is 3. The Kier molecular flexibility index (Phi) is 4.01. The molecule has 6 heteroatoms. The van der Waals surface area contributed by atoms with Gasteiger partial charge >= 0.3 is 0 Å². The third-order valence-electron chi connectivity index (χ3n) is 5.21. The maximum absolute atomic E-state index is 12.6. The molecular formula is C15H23N3O2S. The van der Waals surface area contributed by atoms with Crippen molar-refractivity contribution in [2.75, 3.05) is 19.6 Å². The average molecular weight is 309 g/mol. The molecule has 0 aromatic carbocycles. The quantitative estimate of drug-likeness (QED) is 0.616. The molecule has 1 saturated carbocycles. The van der Waals surface area contributed by atoms with E-state index in [0.717, 1.165) is 38.8 Å². The molecule has 0 aromatic rings. The van der Waals surface area contributed by atoms with E-state index in [0.29, 0.717) is 17.5 Å². The fraction of sp³-hybridized carbons (Fsp3) is 0.800. The van der Waals surface area contributed by atoms with Crippen molar-refractivity contribution < 1.29 is 9.59 Å². The van der Waals surface area contributed by atoms with Crippen LogP contribution in [-0.4, -0.2) is 52.3 Å². The Bertz CT molecular complexity index is 450. The molecule has 2 saturated heterocycles. The van der Waals surface area contributed by atoms with Crippen LogP contribution in [0.15, 0.2) is 0 Å². The standard InChI is InChI=1S/C15H23N3O2S/c1-9-6-11-12(7-9)15(20)18(14(11)19)10-2-4-17(5-3-10)8-13(16)21/h9-12H,2-8H2,1H3,(H2,16,21).